The van der Waals surface area contributed by atoms with Crippen molar-refractivity contribution >= 4 is 33.8 Å². The highest BCUT2D eigenvalue weighted by Gasteiger charge is 2.34. The van der Waals surface area contributed by atoms with Gasteiger partial charge >= 0.3 is 6.18 Å². The van der Waals surface area contributed by atoms with E-state index in [0.29, 0.717) is 28.4 Å². The number of nitrogens with one attached hydrogen (secondary N) is 2. The summed E-state index contributed by atoms with van der Waals surface area (Å²) in [6.45, 7) is 3.58. The number of hydrogen-bond donors (Lipinski definition) is 2. The van der Waals surface area contributed by atoms with Gasteiger partial charge in [-0.3, -0.25) is 15.1 Å². The maximum Gasteiger partial charge on any atom is 0.434 e. The molecule has 1 amide bonds. The normalized spacial score (nSPS) is 11.3. The molecular formula is C17H14F3N5OS. The molecule has 3 rings (SSSR count). The second-order valence-electron chi connectivity index (χ2n) is 5.65. The molecule has 0 saturated carbocycles. The molecule has 6 nitrogen and oxygen atoms in total. The van der Waals surface area contributed by atoms with Crippen molar-refractivity contribution in [3.63, 3.8) is 0 Å². The molecule has 27 heavy (non-hydrogen) atoms. The molecule has 0 atom stereocenters. The molecule has 0 fully saturated rings. The molecule has 3 heterocycles. The van der Waals surface area contributed by atoms with Crippen molar-refractivity contribution in [1.29, 1.82) is 0 Å². The van der Waals surface area contributed by atoms with Crippen molar-refractivity contribution in [1.82, 2.24) is 15.0 Å². The zero-order valence-electron chi connectivity index (χ0n) is 14.3. The lowest BCUT2D eigenvalue weighted by molar-refractivity contribution is -0.140. The van der Waals surface area contributed by atoms with Crippen molar-refractivity contribution in [2.75, 3.05) is 10.6 Å². The molecule has 0 aromatic carbocycles. The van der Waals surface area contributed by atoms with Crippen LogP contribution in [0.2, 0.25) is 0 Å². The number of amides is 1. The smallest absolute Gasteiger partial charge is 0.352 e. The highest BCUT2D eigenvalue weighted by Crippen LogP contribution is 2.32. The Morgan fingerprint density at radius 1 is 1.11 bits per heavy atom. The van der Waals surface area contributed by atoms with E-state index in [1.165, 1.54) is 0 Å². The van der Waals surface area contributed by atoms with E-state index in [0.717, 1.165) is 10.9 Å². The predicted octanol–water partition coefficient (Wildman–Crippen LogP) is 4.56. The standard InChI is InChI=1S/C17H14F3N5OS/c1-9-5-6-21-7-12(9)23-11-4-3-10(2)22-14(11)15(26)25-16-24-13(8-27-16)17(18,19)20/h3-8,23H,1-2H3,(H,24,25,26). The Kier molecular flexibility index (Phi) is 5.08. The van der Waals surface area contributed by atoms with Gasteiger partial charge in [-0.15, -0.1) is 11.3 Å². The maximum absolute atomic E-state index is 12.7. The fourth-order valence-electron chi connectivity index (χ4n) is 2.19. The molecule has 0 unspecified atom stereocenters. The molecule has 0 radical (unpaired) electrons. The van der Waals surface area contributed by atoms with E-state index in [2.05, 4.69) is 25.6 Å². The Morgan fingerprint density at radius 3 is 2.56 bits per heavy atom. The van der Waals surface area contributed by atoms with Gasteiger partial charge in [-0.05, 0) is 37.6 Å². The Hall–Kier alpha value is -3.01. The fourth-order valence-corrected chi connectivity index (χ4v) is 2.90. The lowest BCUT2D eigenvalue weighted by Crippen LogP contribution is -2.17. The fraction of sp³-hybridized carbons (Fsp3) is 0.176. The molecule has 10 heteroatoms. The zero-order chi connectivity index (χ0) is 19.6. The molecule has 0 aliphatic heterocycles. The van der Waals surface area contributed by atoms with E-state index in [-0.39, 0.29) is 10.8 Å². The second kappa shape index (κ2) is 7.31. The number of hydrogen-bond acceptors (Lipinski definition) is 6. The lowest BCUT2D eigenvalue weighted by Gasteiger charge is -2.13. The number of rotatable bonds is 4. The molecular weight excluding hydrogens is 379 g/mol. The number of aromatic nitrogens is 3. The minimum atomic E-state index is -4.56. The van der Waals surface area contributed by atoms with Crippen molar-refractivity contribution in [2.24, 2.45) is 0 Å². The Bertz CT molecular complexity index is 987. The average Bonchev–Trinajstić information content (AvgIpc) is 3.07. The summed E-state index contributed by atoms with van der Waals surface area (Å²) in [6.07, 6.45) is -1.32. The number of anilines is 3. The van der Waals surface area contributed by atoms with Crippen LogP contribution in [0.1, 0.15) is 27.4 Å². The van der Waals surface area contributed by atoms with Gasteiger partial charge in [0.1, 0.15) is 0 Å². The Labute approximate surface area is 156 Å². The van der Waals surface area contributed by atoms with Crippen LogP contribution in [0.5, 0.6) is 0 Å². The van der Waals surface area contributed by atoms with Gasteiger partial charge in [0.2, 0.25) is 0 Å². The van der Waals surface area contributed by atoms with Crippen molar-refractivity contribution in [3.05, 3.63) is 58.6 Å². The number of pyridine rings is 2. The van der Waals surface area contributed by atoms with Crippen LogP contribution in [0.15, 0.2) is 36.0 Å². The van der Waals surface area contributed by atoms with Gasteiger partial charge < -0.3 is 5.32 Å². The van der Waals surface area contributed by atoms with Crippen LogP contribution in [0.3, 0.4) is 0 Å². The van der Waals surface area contributed by atoms with Gasteiger partial charge in [0.25, 0.3) is 5.91 Å². The summed E-state index contributed by atoms with van der Waals surface area (Å²) in [4.78, 5) is 24.2. The minimum Gasteiger partial charge on any atom is -0.352 e. The molecule has 0 saturated heterocycles. The number of nitrogens with zero attached hydrogens (tertiary/aromatic N) is 3. The quantitative estimate of drug-likeness (QED) is 0.679. The topological polar surface area (TPSA) is 79.8 Å². The molecule has 140 valence electrons. The predicted molar refractivity (Wildman–Crippen MR) is 96.3 cm³/mol. The second-order valence-corrected chi connectivity index (χ2v) is 6.51. The van der Waals surface area contributed by atoms with Gasteiger partial charge in [-0.1, -0.05) is 0 Å². The number of thiazole rings is 1. The number of alkyl halides is 3. The van der Waals surface area contributed by atoms with E-state index >= 15 is 0 Å². The highest BCUT2D eigenvalue weighted by molar-refractivity contribution is 7.14. The largest absolute Gasteiger partial charge is 0.434 e. The average molecular weight is 393 g/mol. The molecule has 0 spiro atoms. The van der Waals surface area contributed by atoms with Crippen molar-refractivity contribution in [3.8, 4) is 0 Å². The van der Waals surface area contributed by atoms with Gasteiger partial charge in [0.15, 0.2) is 16.5 Å². The first-order chi connectivity index (χ1) is 12.7. The summed E-state index contributed by atoms with van der Waals surface area (Å²) in [5, 5.41) is 6.14. The summed E-state index contributed by atoms with van der Waals surface area (Å²) < 4.78 is 38.0. The van der Waals surface area contributed by atoms with Crippen LogP contribution in [0, 0.1) is 13.8 Å². The first-order valence-electron chi connectivity index (χ1n) is 7.73. The summed E-state index contributed by atoms with van der Waals surface area (Å²) in [7, 11) is 0. The minimum absolute atomic E-state index is 0.0435. The molecule has 3 aromatic rings. The third-order valence-corrected chi connectivity index (χ3v) is 4.33. The number of carbonyl (C=O) groups is 1. The lowest BCUT2D eigenvalue weighted by atomic mass is 10.2. The summed E-state index contributed by atoms with van der Waals surface area (Å²) in [5.74, 6) is -0.661. The van der Waals surface area contributed by atoms with Gasteiger partial charge in [-0.2, -0.15) is 13.2 Å². The third-order valence-electron chi connectivity index (χ3n) is 3.57. The van der Waals surface area contributed by atoms with E-state index in [9.17, 15) is 18.0 Å². The summed E-state index contributed by atoms with van der Waals surface area (Å²) in [5.41, 5.74) is 1.58. The molecule has 0 bridgehead atoms. The monoisotopic (exact) mass is 393 g/mol. The van der Waals surface area contributed by atoms with Gasteiger partial charge in [0.05, 0.1) is 17.6 Å². The van der Waals surface area contributed by atoms with Crippen LogP contribution >= 0.6 is 11.3 Å². The first-order valence-corrected chi connectivity index (χ1v) is 8.61. The Morgan fingerprint density at radius 2 is 1.89 bits per heavy atom. The molecule has 0 aliphatic rings. The van der Waals surface area contributed by atoms with Crippen LogP contribution in [0.4, 0.5) is 29.7 Å². The zero-order valence-corrected chi connectivity index (χ0v) is 15.1. The first kappa shape index (κ1) is 18.8. The van der Waals surface area contributed by atoms with E-state index in [4.69, 9.17) is 0 Å². The van der Waals surface area contributed by atoms with Gasteiger partial charge in [0, 0.05) is 17.3 Å². The van der Waals surface area contributed by atoms with Gasteiger partial charge in [-0.25, -0.2) is 9.97 Å². The number of carbonyl (C=O) groups excluding carboxylic acids is 1. The number of halogens is 3. The van der Waals surface area contributed by atoms with Crippen molar-refractivity contribution < 1.29 is 18.0 Å². The van der Waals surface area contributed by atoms with Crippen LogP contribution in [-0.4, -0.2) is 20.9 Å². The van der Waals surface area contributed by atoms with Crippen LogP contribution < -0.4 is 10.6 Å². The van der Waals surface area contributed by atoms with Crippen LogP contribution in [0.25, 0.3) is 0 Å². The third kappa shape index (κ3) is 4.40. The maximum atomic E-state index is 12.7. The summed E-state index contributed by atoms with van der Waals surface area (Å²) in [6, 6.07) is 5.20. The number of aryl methyl sites for hydroxylation is 2. The molecule has 3 aromatic heterocycles. The Balaban J connectivity index is 1.87. The molecule has 2 N–H and O–H groups in total. The molecule has 0 aliphatic carbocycles. The highest BCUT2D eigenvalue weighted by atomic mass is 32.1. The van der Waals surface area contributed by atoms with Crippen LogP contribution in [-0.2, 0) is 6.18 Å². The summed E-state index contributed by atoms with van der Waals surface area (Å²) >= 11 is 0.695. The van der Waals surface area contributed by atoms with Crippen molar-refractivity contribution in [2.45, 2.75) is 20.0 Å². The van der Waals surface area contributed by atoms with E-state index < -0.39 is 17.8 Å². The van der Waals surface area contributed by atoms with E-state index in [1.807, 2.05) is 6.92 Å². The van der Waals surface area contributed by atoms with E-state index in [1.54, 1.807) is 37.5 Å². The SMILES string of the molecule is Cc1ccc(Nc2cnccc2C)c(C(=O)Nc2nc(C(F)(F)F)cs2)n1.